The molecule has 0 aromatic heterocycles. The van der Waals surface area contributed by atoms with Gasteiger partial charge in [-0.05, 0) is 24.3 Å². The smallest absolute Gasteiger partial charge is 0.00744 e. The first-order valence-corrected chi connectivity index (χ1v) is 7.19. The lowest BCUT2D eigenvalue weighted by atomic mass is 9.79. The molecule has 1 aliphatic rings. The summed E-state index contributed by atoms with van der Waals surface area (Å²) in [5, 5.41) is 0. The fourth-order valence-electron chi connectivity index (χ4n) is 2.57. The predicted molar refractivity (Wildman–Crippen MR) is 81.8 cm³/mol. The Balaban J connectivity index is 0.000000771. The Hall–Kier alpha value is -1.30. The van der Waals surface area contributed by atoms with Crippen molar-refractivity contribution >= 4 is 0 Å². The number of hydrogen-bond acceptors (Lipinski definition) is 0. The molecule has 0 spiro atoms. The van der Waals surface area contributed by atoms with Gasteiger partial charge in [0.2, 0.25) is 0 Å². The van der Waals surface area contributed by atoms with Gasteiger partial charge in [0.05, 0.1) is 0 Å². The van der Waals surface area contributed by atoms with Gasteiger partial charge in [-0.2, -0.15) is 0 Å². The maximum atomic E-state index is 2.32. The summed E-state index contributed by atoms with van der Waals surface area (Å²) in [6, 6.07) is 10.9. The standard InChI is InChI=1S/C16H20.C2H6/c1-13(2)16(14-9-5-3-6-10-14)15-11-7-4-8-12-15;1-2/h3-7,9-11,13,16H,8,12H2,1-2H3;1-2H3. The second-order valence-electron chi connectivity index (χ2n) is 4.84. The van der Waals surface area contributed by atoms with Crippen LogP contribution in [0.4, 0.5) is 0 Å². The molecule has 0 N–H and O–H groups in total. The van der Waals surface area contributed by atoms with Crippen molar-refractivity contribution in [2.24, 2.45) is 5.92 Å². The van der Waals surface area contributed by atoms with Gasteiger partial charge < -0.3 is 0 Å². The first kappa shape index (κ1) is 14.8. The molecule has 0 heterocycles. The Kier molecular flexibility index (Phi) is 6.49. The van der Waals surface area contributed by atoms with Crippen molar-refractivity contribution in [1.82, 2.24) is 0 Å². The van der Waals surface area contributed by atoms with Crippen molar-refractivity contribution < 1.29 is 0 Å². The lowest BCUT2D eigenvalue weighted by molar-refractivity contribution is 0.539. The van der Waals surface area contributed by atoms with E-state index in [1.165, 1.54) is 18.4 Å². The summed E-state index contributed by atoms with van der Waals surface area (Å²) in [6.07, 6.45) is 9.18. The molecular formula is C18H26. The molecule has 0 bridgehead atoms. The van der Waals surface area contributed by atoms with Crippen LogP contribution in [0.2, 0.25) is 0 Å². The highest BCUT2D eigenvalue weighted by molar-refractivity contribution is 5.33. The molecule has 0 amide bonds. The van der Waals surface area contributed by atoms with Crippen LogP contribution in [-0.2, 0) is 0 Å². The van der Waals surface area contributed by atoms with Crippen LogP contribution in [0.1, 0.15) is 52.0 Å². The number of hydrogen-bond donors (Lipinski definition) is 0. The Morgan fingerprint density at radius 1 is 1.00 bits per heavy atom. The van der Waals surface area contributed by atoms with Crippen LogP contribution in [0.5, 0.6) is 0 Å². The fourth-order valence-corrected chi connectivity index (χ4v) is 2.57. The molecule has 1 atom stereocenters. The van der Waals surface area contributed by atoms with Gasteiger partial charge >= 0.3 is 0 Å². The molecule has 0 saturated carbocycles. The van der Waals surface area contributed by atoms with Crippen LogP contribution in [0, 0.1) is 5.92 Å². The van der Waals surface area contributed by atoms with Crippen molar-refractivity contribution in [1.29, 1.82) is 0 Å². The Morgan fingerprint density at radius 3 is 2.17 bits per heavy atom. The van der Waals surface area contributed by atoms with Gasteiger partial charge in [-0.15, -0.1) is 0 Å². The minimum absolute atomic E-state index is 0.589. The monoisotopic (exact) mass is 242 g/mol. The molecule has 1 aromatic carbocycles. The minimum atomic E-state index is 0.589. The van der Waals surface area contributed by atoms with E-state index >= 15 is 0 Å². The van der Waals surface area contributed by atoms with Gasteiger partial charge in [0.25, 0.3) is 0 Å². The average Bonchev–Trinajstić information content (AvgIpc) is 2.43. The van der Waals surface area contributed by atoms with Crippen LogP contribution in [0.3, 0.4) is 0 Å². The van der Waals surface area contributed by atoms with E-state index in [1.807, 2.05) is 13.8 Å². The maximum Gasteiger partial charge on any atom is 0.00744 e. The third-order valence-corrected chi connectivity index (χ3v) is 3.27. The van der Waals surface area contributed by atoms with E-state index in [4.69, 9.17) is 0 Å². The predicted octanol–water partition coefficient (Wildman–Crippen LogP) is 5.73. The fraction of sp³-hybridized carbons (Fsp3) is 0.444. The van der Waals surface area contributed by atoms with E-state index in [0.717, 1.165) is 0 Å². The zero-order valence-electron chi connectivity index (χ0n) is 12.2. The lowest BCUT2D eigenvalue weighted by Crippen LogP contribution is -2.10. The van der Waals surface area contributed by atoms with Gasteiger partial charge in [0, 0.05) is 5.92 Å². The third kappa shape index (κ3) is 3.87. The minimum Gasteiger partial charge on any atom is -0.0842 e. The number of benzene rings is 1. The average molecular weight is 242 g/mol. The Morgan fingerprint density at radius 2 is 1.67 bits per heavy atom. The first-order chi connectivity index (χ1) is 8.79. The van der Waals surface area contributed by atoms with E-state index in [-0.39, 0.29) is 0 Å². The number of rotatable bonds is 3. The molecule has 0 saturated heterocycles. The molecule has 1 aliphatic carbocycles. The van der Waals surface area contributed by atoms with Crippen LogP contribution in [0.15, 0.2) is 54.1 Å². The van der Waals surface area contributed by atoms with Crippen LogP contribution >= 0.6 is 0 Å². The second-order valence-corrected chi connectivity index (χ2v) is 4.84. The summed E-state index contributed by atoms with van der Waals surface area (Å²) in [6.45, 7) is 8.63. The molecule has 98 valence electrons. The summed E-state index contributed by atoms with van der Waals surface area (Å²) in [4.78, 5) is 0. The summed E-state index contributed by atoms with van der Waals surface area (Å²) in [7, 11) is 0. The summed E-state index contributed by atoms with van der Waals surface area (Å²) >= 11 is 0. The maximum absolute atomic E-state index is 2.32. The van der Waals surface area contributed by atoms with E-state index in [2.05, 4.69) is 62.4 Å². The zero-order valence-corrected chi connectivity index (χ0v) is 12.2. The highest BCUT2D eigenvalue weighted by Gasteiger charge is 2.20. The highest BCUT2D eigenvalue weighted by Crippen LogP contribution is 2.35. The Labute approximate surface area is 112 Å². The van der Waals surface area contributed by atoms with Crippen LogP contribution in [0.25, 0.3) is 0 Å². The third-order valence-electron chi connectivity index (χ3n) is 3.27. The topological polar surface area (TPSA) is 0 Å². The van der Waals surface area contributed by atoms with E-state index in [0.29, 0.717) is 11.8 Å². The molecule has 0 heteroatoms. The van der Waals surface area contributed by atoms with Crippen molar-refractivity contribution in [3.8, 4) is 0 Å². The van der Waals surface area contributed by atoms with Gasteiger partial charge in [0.15, 0.2) is 0 Å². The summed E-state index contributed by atoms with van der Waals surface area (Å²) in [5.74, 6) is 1.26. The molecule has 0 fully saturated rings. The molecule has 1 unspecified atom stereocenters. The number of allylic oxidation sites excluding steroid dienone is 4. The Bertz CT molecular complexity index is 382. The van der Waals surface area contributed by atoms with Gasteiger partial charge in [-0.3, -0.25) is 0 Å². The largest absolute Gasteiger partial charge is 0.0842 e. The van der Waals surface area contributed by atoms with Crippen molar-refractivity contribution in [3.63, 3.8) is 0 Å². The molecule has 0 nitrogen and oxygen atoms in total. The summed E-state index contributed by atoms with van der Waals surface area (Å²) < 4.78 is 0. The van der Waals surface area contributed by atoms with Gasteiger partial charge in [-0.25, -0.2) is 0 Å². The molecule has 1 aromatic rings. The molecule has 0 aliphatic heterocycles. The van der Waals surface area contributed by atoms with E-state index < -0.39 is 0 Å². The highest BCUT2D eigenvalue weighted by atomic mass is 14.2. The van der Waals surface area contributed by atoms with Crippen molar-refractivity contribution in [2.75, 3.05) is 0 Å². The lowest BCUT2D eigenvalue weighted by Gasteiger charge is -2.25. The van der Waals surface area contributed by atoms with E-state index in [1.54, 1.807) is 5.57 Å². The normalized spacial score (nSPS) is 15.7. The van der Waals surface area contributed by atoms with Crippen LogP contribution in [-0.4, -0.2) is 0 Å². The second kappa shape index (κ2) is 7.92. The molecule has 2 rings (SSSR count). The van der Waals surface area contributed by atoms with Crippen molar-refractivity contribution in [2.45, 2.75) is 46.5 Å². The first-order valence-electron chi connectivity index (χ1n) is 7.19. The van der Waals surface area contributed by atoms with Gasteiger partial charge in [-0.1, -0.05) is 81.8 Å². The van der Waals surface area contributed by atoms with Gasteiger partial charge in [0.1, 0.15) is 0 Å². The quantitative estimate of drug-likeness (QED) is 0.635. The van der Waals surface area contributed by atoms with E-state index in [9.17, 15) is 0 Å². The zero-order chi connectivity index (χ0) is 13.4. The SMILES string of the molecule is CC.CC(C)C(C1=CC=CCC1)c1ccccc1. The van der Waals surface area contributed by atoms with Crippen LogP contribution < -0.4 is 0 Å². The summed E-state index contributed by atoms with van der Waals surface area (Å²) in [5.41, 5.74) is 3.04. The molecule has 0 radical (unpaired) electrons. The molecular weight excluding hydrogens is 216 g/mol. The van der Waals surface area contributed by atoms with Crippen molar-refractivity contribution in [3.05, 3.63) is 59.7 Å². The molecule has 18 heavy (non-hydrogen) atoms.